The van der Waals surface area contributed by atoms with Crippen LogP contribution in [0.4, 0.5) is 5.82 Å². The highest BCUT2D eigenvalue weighted by molar-refractivity contribution is 5.93. The molecule has 6 heteroatoms. The SMILES string of the molecule is NC(=O)c1ccnc(N2CCC[C@H](c3ccn[nH]3)C2)c1. The lowest BCUT2D eigenvalue weighted by molar-refractivity contribution is 0.1000. The summed E-state index contributed by atoms with van der Waals surface area (Å²) >= 11 is 0. The molecule has 1 fully saturated rings. The summed E-state index contributed by atoms with van der Waals surface area (Å²) < 4.78 is 0. The number of nitrogens with zero attached hydrogens (tertiary/aromatic N) is 3. The maximum atomic E-state index is 11.2. The van der Waals surface area contributed by atoms with Crippen molar-refractivity contribution in [1.29, 1.82) is 0 Å². The van der Waals surface area contributed by atoms with Crippen LogP contribution in [0.2, 0.25) is 0 Å². The van der Waals surface area contributed by atoms with E-state index < -0.39 is 5.91 Å². The fourth-order valence-corrected chi connectivity index (χ4v) is 2.68. The molecule has 0 unspecified atom stereocenters. The van der Waals surface area contributed by atoms with E-state index in [0.29, 0.717) is 11.5 Å². The quantitative estimate of drug-likeness (QED) is 0.880. The molecule has 0 saturated carbocycles. The van der Waals surface area contributed by atoms with Crippen LogP contribution in [0.5, 0.6) is 0 Å². The highest BCUT2D eigenvalue weighted by atomic mass is 16.1. The minimum Gasteiger partial charge on any atom is -0.366 e. The molecule has 1 aliphatic heterocycles. The van der Waals surface area contributed by atoms with E-state index in [9.17, 15) is 4.79 Å². The maximum Gasteiger partial charge on any atom is 0.248 e. The van der Waals surface area contributed by atoms with E-state index in [0.717, 1.165) is 37.4 Å². The molecule has 2 aromatic rings. The number of carbonyl (C=O) groups excluding carboxylic acids is 1. The molecule has 0 spiro atoms. The molecule has 104 valence electrons. The van der Waals surface area contributed by atoms with E-state index in [2.05, 4.69) is 20.1 Å². The Morgan fingerprint density at radius 3 is 3.05 bits per heavy atom. The molecule has 3 rings (SSSR count). The standard InChI is InChI=1S/C14H17N5O/c15-14(20)10-3-5-16-13(8-10)19-7-1-2-11(9-19)12-4-6-17-18-12/h3-6,8,11H,1-2,7,9H2,(H2,15,20)(H,17,18)/t11-/m0/s1. The van der Waals surface area contributed by atoms with Gasteiger partial charge in [-0.05, 0) is 31.0 Å². The molecule has 2 aromatic heterocycles. The Balaban J connectivity index is 1.80. The van der Waals surface area contributed by atoms with Gasteiger partial charge in [-0.25, -0.2) is 4.98 Å². The van der Waals surface area contributed by atoms with Crippen LogP contribution >= 0.6 is 0 Å². The number of rotatable bonds is 3. The normalized spacial score (nSPS) is 19.0. The van der Waals surface area contributed by atoms with Crippen LogP contribution in [-0.2, 0) is 0 Å². The number of nitrogens with two attached hydrogens (primary N) is 1. The molecule has 1 atom stereocenters. The maximum absolute atomic E-state index is 11.2. The minimum atomic E-state index is -0.421. The van der Waals surface area contributed by atoms with Crippen LogP contribution in [0, 0.1) is 0 Å². The Kier molecular flexibility index (Phi) is 3.37. The molecule has 1 saturated heterocycles. The molecule has 0 bridgehead atoms. The summed E-state index contributed by atoms with van der Waals surface area (Å²) in [7, 11) is 0. The monoisotopic (exact) mass is 271 g/mol. The van der Waals surface area contributed by atoms with Crippen molar-refractivity contribution in [2.24, 2.45) is 5.73 Å². The van der Waals surface area contributed by atoms with Crippen molar-refractivity contribution in [3.8, 4) is 0 Å². The number of carbonyl (C=O) groups is 1. The highest BCUT2D eigenvalue weighted by Crippen LogP contribution is 2.28. The molecule has 0 aliphatic carbocycles. The molecule has 6 nitrogen and oxygen atoms in total. The highest BCUT2D eigenvalue weighted by Gasteiger charge is 2.23. The summed E-state index contributed by atoms with van der Waals surface area (Å²) in [6.45, 7) is 1.82. The van der Waals surface area contributed by atoms with Crippen LogP contribution in [0.25, 0.3) is 0 Å². The van der Waals surface area contributed by atoms with Gasteiger partial charge in [-0.2, -0.15) is 5.10 Å². The van der Waals surface area contributed by atoms with Gasteiger partial charge in [0.15, 0.2) is 0 Å². The van der Waals surface area contributed by atoms with E-state index in [1.807, 2.05) is 6.07 Å². The molecule has 3 N–H and O–H groups in total. The number of aromatic amines is 1. The zero-order valence-corrected chi connectivity index (χ0v) is 11.1. The Morgan fingerprint density at radius 2 is 2.30 bits per heavy atom. The van der Waals surface area contributed by atoms with Gasteiger partial charge in [-0.15, -0.1) is 0 Å². The molecule has 0 aromatic carbocycles. The van der Waals surface area contributed by atoms with Crippen molar-refractivity contribution < 1.29 is 4.79 Å². The van der Waals surface area contributed by atoms with Gasteiger partial charge in [0.2, 0.25) is 5.91 Å². The first-order valence-corrected chi connectivity index (χ1v) is 6.74. The number of nitrogens with one attached hydrogen (secondary N) is 1. The second kappa shape index (κ2) is 5.32. The van der Waals surface area contributed by atoms with Crippen molar-refractivity contribution in [2.45, 2.75) is 18.8 Å². The minimum absolute atomic E-state index is 0.421. The second-order valence-electron chi connectivity index (χ2n) is 5.06. The second-order valence-corrected chi connectivity index (χ2v) is 5.06. The summed E-state index contributed by atoms with van der Waals surface area (Å²) in [5, 5.41) is 7.05. The van der Waals surface area contributed by atoms with Crippen LogP contribution in [0.15, 0.2) is 30.6 Å². The van der Waals surface area contributed by atoms with Gasteiger partial charge in [-0.3, -0.25) is 9.89 Å². The van der Waals surface area contributed by atoms with Crippen molar-refractivity contribution in [3.63, 3.8) is 0 Å². The number of pyridine rings is 1. The Morgan fingerprint density at radius 1 is 1.40 bits per heavy atom. The number of H-pyrrole nitrogens is 1. The third-order valence-electron chi connectivity index (χ3n) is 3.74. The number of primary amides is 1. The fourth-order valence-electron chi connectivity index (χ4n) is 2.68. The predicted molar refractivity (Wildman–Crippen MR) is 75.5 cm³/mol. The van der Waals surface area contributed by atoms with Gasteiger partial charge >= 0.3 is 0 Å². The topological polar surface area (TPSA) is 87.9 Å². The number of amides is 1. The van der Waals surface area contributed by atoms with Crippen LogP contribution in [0.3, 0.4) is 0 Å². The number of hydrogen-bond donors (Lipinski definition) is 2. The Hall–Kier alpha value is -2.37. The number of hydrogen-bond acceptors (Lipinski definition) is 4. The van der Waals surface area contributed by atoms with Gasteiger partial charge in [0.05, 0.1) is 0 Å². The number of aromatic nitrogens is 3. The lowest BCUT2D eigenvalue weighted by Gasteiger charge is -2.33. The summed E-state index contributed by atoms with van der Waals surface area (Å²) in [6, 6.07) is 5.42. The molecule has 20 heavy (non-hydrogen) atoms. The van der Waals surface area contributed by atoms with Crippen LogP contribution < -0.4 is 10.6 Å². The van der Waals surface area contributed by atoms with E-state index in [1.54, 1.807) is 24.5 Å². The fraction of sp³-hybridized carbons (Fsp3) is 0.357. The van der Waals surface area contributed by atoms with E-state index in [4.69, 9.17) is 5.73 Å². The van der Waals surface area contributed by atoms with Crippen molar-refractivity contribution in [1.82, 2.24) is 15.2 Å². The molecular weight excluding hydrogens is 254 g/mol. The lowest BCUT2D eigenvalue weighted by Crippen LogP contribution is -2.35. The summed E-state index contributed by atoms with van der Waals surface area (Å²) in [5.74, 6) is 0.812. The van der Waals surface area contributed by atoms with Gasteiger partial charge in [0.25, 0.3) is 0 Å². The largest absolute Gasteiger partial charge is 0.366 e. The Bertz CT molecular complexity index is 595. The average molecular weight is 271 g/mol. The molecular formula is C14H17N5O. The van der Waals surface area contributed by atoms with Gasteiger partial charge < -0.3 is 10.6 Å². The summed E-state index contributed by atoms with van der Waals surface area (Å²) in [4.78, 5) is 17.8. The van der Waals surface area contributed by atoms with E-state index in [1.165, 1.54) is 0 Å². The lowest BCUT2D eigenvalue weighted by atomic mass is 9.95. The van der Waals surface area contributed by atoms with Crippen molar-refractivity contribution >= 4 is 11.7 Å². The third kappa shape index (κ3) is 2.49. The third-order valence-corrected chi connectivity index (χ3v) is 3.74. The Labute approximate surface area is 117 Å². The summed E-state index contributed by atoms with van der Waals surface area (Å²) in [5.41, 5.74) is 6.97. The first-order chi connectivity index (χ1) is 9.74. The van der Waals surface area contributed by atoms with Gasteiger partial charge in [0, 0.05) is 42.7 Å². The molecule has 1 amide bonds. The van der Waals surface area contributed by atoms with Gasteiger partial charge in [0.1, 0.15) is 5.82 Å². The van der Waals surface area contributed by atoms with E-state index >= 15 is 0 Å². The van der Waals surface area contributed by atoms with Crippen LogP contribution in [0.1, 0.15) is 34.8 Å². The van der Waals surface area contributed by atoms with Gasteiger partial charge in [-0.1, -0.05) is 0 Å². The van der Waals surface area contributed by atoms with E-state index in [-0.39, 0.29) is 0 Å². The van der Waals surface area contributed by atoms with Crippen LogP contribution in [-0.4, -0.2) is 34.2 Å². The zero-order valence-electron chi connectivity index (χ0n) is 11.1. The predicted octanol–water partition coefficient (Wildman–Crippen LogP) is 1.29. The zero-order chi connectivity index (χ0) is 13.9. The number of piperidine rings is 1. The molecule has 0 radical (unpaired) electrons. The molecule has 1 aliphatic rings. The number of anilines is 1. The molecule has 3 heterocycles. The van der Waals surface area contributed by atoms with Crippen molar-refractivity contribution in [2.75, 3.05) is 18.0 Å². The smallest absolute Gasteiger partial charge is 0.248 e. The average Bonchev–Trinajstić information content (AvgIpc) is 3.02. The first-order valence-electron chi connectivity index (χ1n) is 6.74. The summed E-state index contributed by atoms with van der Waals surface area (Å²) in [6.07, 6.45) is 5.63. The van der Waals surface area contributed by atoms with Crippen molar-refractivity contribution in [3.05, 3.63) is 41.9 Å². The first kappa shape index (κ1) is 12.7.